The molecule has 0 bridgehead atoms. The fourth-order valence-electron chi connectivity index (χ4n) is 3.62. The van der Waals surface area contributed by atoms with Gasteiger partial charge < -0.3 is 19.9 Å². The van der Waals surface area contributed by atoms with Crippen molar-refractivity contribution in [3.63, 3.8) is 0 Å². The molecule has 0 spiro atoms. The lowest BCUT2D eigenvalue weighted by atomic mass is 9.94. The molecule has 7 heteroatoms. The lowest BCUT2D eigenvalue weighted by molar-refractivity contribution is 0.276. The van der Waals surface area contributed by atoms with Gasteiger partial charge >= 0.3 is 0 Å². The number of nitrogens with zero attached hydrogens (tertiary/aromatic N) is 3. The fraction of sp³-hybridized carbons (Fsp3) is 0.529. The first-order valence-corrected chi connectivity index (χ1v) is 8.51. The minimum atomic E-state index is -0.561. The van der Waals surface area contributed by atoms with Crippen LogP contribution in [0.3, 0.4) is 0 Å². The number of benzene rings is 1. The Morgan fingerprint density at radius 3 is 2.75 bits per heavy atom. The maximum atomic E-state index is 6.48. The summed E-state index contributed by atoms with van der Waals surface area (Å²) in [5.74, 6) is 2.00. The van der Waals surface area contributed by atoms with E-state index in [0.717, 1.165) is 43.7 Å². The van der Waals surface area contributed by atoms with Crippen LogP contribution in [-0.4, -0.2) is 42.3 Å². The lowest BCUT2D eigenvalue weighted by Crippen LogP contribution is -2.39. The molecular formula is C17H21ClN4O2. The van der Waals surface area contributed by atoms with E-state index in [1.165, 1.54) is 0 Å². The Morgan fingerprint density at radius 1 is 1.33 bits per heavy atom. The molecule has 128 valence electrons. The van der Waals surface area contributed by atoms with E-state index in [-0.39, 0.29) is 5.41 Å². The van der Waals surface area contributed by atoms with Crippen LogP contribution in [0.5, 0.6) is 5.75 Å². The summed E-state index contributed by atoms with van der Waals surface area (Å²) in [6.45, 7) is 1.66. The number of halogens is 1. The molecule has 2 fully saturated rings. The third kappa shape index (κ3) is 2.41. The van der Waals surface area contributed by atoms with E-state index >= 15 is 0 Å². The molecule has 0 radical (unpaired) electrons. The van der Waals surface area contributed by atoms with Crippen molar-refractivity contribution in [2.75, 3.05) is 27.2 Å². The highest BCUT2D eigenvalue weighted by Gasteiger charge is 2.52. The molecule has 2 N–H and O–H groups in total. The second kappa shape index (κ2) is 5.44. The molecular weight excluding hydrogens is 328 g/mol. The molecule has 2 aromatic rings. The maximum Gasteiger partial charge on any atom is 0.248 e. The van der Waals surface area contributed by atoms with Crippen molar-refractivity contribution in [3.8, 4) is 5.75 Å². The summed E-state index contributed by atoms with van der Waals surface area (Å²) in [4.78, 5) is 6.86. The molecule has 24 heavy (non-hydrogen) atoms. The number of hydrogen-bond donors (Lipinski definition) is 1. The number of nitrogens with two attached hydrogens (primary N) is 1. The average Bonchev–Trinajstić information content (AvgIpc) is 3.05. The van der Waals surface area contributed by atoms with Crippen molar-refractivity contribution < 1.29 is 9.26 Å². The number of likely N-dealkylation sites (tertiary alicyclic amines) is 1. The minimum absolute atomic E-state index is 0.279. The lowest BCUT2D eigenvalue weighted by Gasteiger charge is -2.18. The highest BCUT2D eigenvalue weighted by molar-refractivity contribution is 6.30. The standard InChI is InChI=1S/C17H21ClN4O2/c1-22-8-7-17(19,10-22)15-20-14(21-24-15)16(5-6-16)12-9-11(18)3-4-13(12)23-2/h3-4,9H,5-8,10,19H2,1-2H3. The van der Waals surface area contributed by atoms with Gasteiger partial charge in [0, 0.05) is 23.7 Å². The van der Waals surface area contributed by atoms with Crippen molar-refractivity contribution in [2.24, 2.45) is 5.73 Å². The van der Waals surface area contributed by atoms with Gasteiger partial charge in [0.1, 0.15) is 11.3 Å². The number of ether oxygens (including phenoxy) is 1. The van der Waals surface area contributed by atoms with Crippen LogP contribution < -0.4 is 10.5 Å². The number of likely N-dealkylation sites (N-methyl/N-ethyl adjacent to an activating group) is 1. The zero-order valence-electron chi connectivity index (χ0n) is 13.9. The molecule has 1 unspecified atom stereocenters. The van der Waals surface area contributed by atoms with Crippen molar-refractivity contribution in [1.29, 1.82) is 0 Å². The van der Waals surface area contributed by atoms with Gasteiger partial charge in [0.2, 0.25) is 5.89 Å². The number of methoxy groups -OCH3 is 1. The normalized spacial score (nSPS) is 25.8. The van der Waals surface area contributed by atoms with Gasteiger partial charge in [-0.1, -0.05) is 16.8 Å². The molecule has 4 rings (SSSR count). The van der Waals surface area contributed by atoms with Crippen LogP contribution in [0, 0.1) is 0 Å². The first-order chi connectivity index (χ1) is 11.5. The van der Waals surface area contributed by atoms with Crippen LogP contribution in [-0.2, 0) is 11.0 Å². The summed E-state index contributed by atoms with van der Waals surface area (Å²) in [5.41, 5.74) is 6.66. The van der Waals surface area contributed by atoms with Gasteiger partial charge in [-0.15, -0.1) is 0 Å². The van der Waals surface area contributed by atoms with Gasteiger partial charge in [-0.05, 0) is 44.5 Å². The smallest absolute Gasteiger partial charge is 0.248 e. The van der Waals surface area contributed by atoms with Gasteiger partial charge in [-0.3, -0.25) is 0 Å². The number of rotatable bonds is 4. The Morgan fingerprint density at radius 2 is 2.12 bits per heavy atom. The van der Waals surface area contributed by atoms with Crippen molar-refractivity contribution >= 4 is 11.6 Å². The summed E-state index contributed by atoms with van der Waals surface area (Å²) in [6, 6.07) is 5.64. The van der Waals surface area contributed by atoms with Crippen LogP contribution in [0.15, 0.2) is 22.7 Å². The average molecular weight is 349 g/mol. The Bertz CT molecular complexity index is 774. The van der Waals surface area contributed by atoms with Gasteiger partial charge in [0.05, 0.1) is 12.5 Å². The Kier molecular flexibility index (Phi) is 3.60. The van der Waals surface area contributed by atoms with Crippen molar-refractivity contribution in [1.82, 2.24) is 15.0 Å². The summed E-state index contributed by atoms with van der Waals surface area (Å²) in [6.07, 6.45) is 2.71. The minimum Gasteiger partial charge on any atom is -0.496 e. The van der Waals surface area contributed by atoms with E-state index in [4.69, 9.17) is 26.6 Å². The summed E-state index contributed by atoms with van der Waals surface area (Å²) >= 11 is 6.20. The highest BCUT2D eigenvalue weighted by Crippen LogP contribution is 2.55. The van der Waals surface area contributed by atoms with Crippen LogP contribution in [0.25, 0.3) is 0 Å². The summed E-state index contributed by atoms with van der Waals surface area (Å²) in [7, 11) is 3.71. The molecule has 0 amide bonds. The van der Waals surface area contributed by atoms with Gasteiger partial charge in [-0.2, -0.15) is 4.98 Å². The molecule has 1 saturated heterocycles. The summed E-state index contributed by atoms with van der Waals surface area (Å²) in [5, 5.41) is 4.94. The molecule has 1 aromatic heterocycles. The van der Waals surface area contributed by atoms with E-state index < -0.39 is 5.54 Å². The van der Waals surface area contributed by atoms with Crippen molar-refractivity contribution in [2.45, 2.75) is 30.2 Å². The Labute approximate surface area is 145 Å². The first kappa shape index (κ1) is 15.9. The van der Waals surface area contributed by atoms with E-state index in [1.807, 2.05) is 25.2 Å². The SMILES string of the molecule is COc1ccc(Cl)cc1C1(c2noc(C3(N)CCN(C)C3)n2)CC1. The monoisotopic (exact) mass is 348 g/mol. The van der Waals surface area contributed by atoms with Gasteiger partial charge in [0.15, 0.2) is 5.82 Å². The zero-order valence-corrected chi connectivity index (χ0v) is 14.6. The Hall–Kier alpha value is -1.63. The quantitative estimate of drug-likeness (QED) is 0.913. The predicted molar refractivity (Wildman–Crippen MR) is 90.3 cm³/mol. The molecule has 1 atom stereocenters. The maximum absolute atomic E-state index is 6.48. The third-order valence-electron chi connectivity index (χ3n) is 5.20. The molecule has 2 heterocycles. The molecule has 1 aromatic carbocycles. The molecule has 1 aliphatic carbocycles. The van der Waals surface area contributed by atoms with E-state index in [9.17, 15) is 0 Å². The summed E-state index contributed by atoms with van der Waals surface area (Å²) < 4.78 is 11.1. The van der Waals surface area contributed by atoms with E-state index in [0.29, 0.717) is 16.7 Å². The molecule has 1 aliphatic heterocycles. The van der Waals surface area contributed by atoms with Crippen LogP contribution in [0.2, 0.25) is 5.02 Å². The van der Waals surface area contributed by atoms with Crippen LogP contribution >= 0.6 is 11.6 Å². The third-order valence-corrected chi connectivity index (χ3v) is 5.43. The zero-order chi connectivity index (χ0) is 16.9. The number of aromatic nitrogens is 2. The second-order valence-corrected chi connectivity index (χ2v) is 7.43. The predicted octanol–water partition coefficient (Wildman–Crippen LogP) is 2.30. The highest BCUT2D eigenvalue weighted by atomic mass is 35.5. The largest absolute Gasteiger partial charge is 0.496 e. The molecule has 1 saturated carbocycles. The van der Waals surface area contributed by atoms with Crippen molar-refractivity contribution in [3.05, 3.63) is 40.5 Å². The topological polar surface area (TPSA) is 77.4 Å². The van der Waals surface area contributed by atoms with Gasteiger partial charge in [0.25, 0.3) is 0 Å². The van der Waals surface area contributed by atoms with E-state index in [1.54, 1.807) is 7.11 Å². The molecule has 2 aliphatic rings. The fourth-order valence-corrected chi connectivity index (χ4v) is 3.79. The van der Waals surface area contributed by atoms with Crippen LogP contribution in [0.1, 0.15) is 36.5 Å². The number of hydrogen-bond acceptors (Lipinski definition) is 6. The first-order valence-electron chi connectivity index (χ1n) is 8.13. The van der Waals surface area contributed by atoms with E-state index in [2.05, 4.69) is 15.0 Å². The second-order valence-electron chi connectivity index (χ2n) is 6.99. The van der Waals surface area contributed by atoms with Gasteiger partial charge in [-0.25, -0.2) is 0 Å². The Balaban J connectivity index is 1.71. The van der Waals surface area contributed by atoms with Crippen LogP contribution in [0.4, 0.5) is 0 Å². The molecule has 6 nitrogen and oxygen atoms in total.